The second kappa shape index (κ2) is 5.57. The number of H-pyrrole nitrogens is 1. The Labute approximate surface area is 122 Å². The Hall–Kier alpha value is -2.35. The lowest BCUT2D eigenvalue weighted by atomic mass is 10.1. The molecule has 3 rings (SSSR count). The number of anilines is 1. The number of amides is 2. The van der Waals surface area contributed by atoms with E-state index in [1.165, 1.54) is 0 Å². The number of carbonyl (C=O) groups excluding carboxylic acids is 1. The van der Waals surface area contributed by atoms with Crippen LogP contribution in [0.25, 0.3) is 0 Å². The molecule has 1 fully saturated rings. The van der Waals surface area contributed by atoms with Gasteiger partial charge in [-0.2, -0.15) is 0 Å². The Morgan fingerprint density at radius 2 is 2.38 bits per heavy atom. The van der Waals surface area contributed by atoms with E-state index in [0.29, 0.717) is 24.7 Å². The highest BCUT2D eigenvalue weighted by Gasteiger charge is 2.30. The summed E-state index contributed by atoms with van der Waals surface area (Å²) in [5.74, 6) is 1.97. The second-order valence-corrected chi connectivity index (χ2v) is 5.17. The summed E-state index contributed by atoms with van der Waals surface area (Å²) in [6.45, 7) is 3.81. The zero-order chi connectivity index (χ0) is 14.8. The molecule has 0 aliphatic carbocycles. The summed E-state index contributed by atoms with van der Waals surface area (Å²) in [5.41, 5.74) is 0. The van der Waals surface area contributed by atoms with E-state index in [-0.39, 0.29) is 12.1 Å². The zero-order valence-electron chi connectivity index (χ0n) is 12.0. The first-order valence-corrected chi connectivity index (χ1v) is 6.82. The van der Waals surface area contributed by atoms with Gasteiger partial charge in [0.25, 0.3) is 0 Å². The fourth-order valence-electron chi connectivity index (χ4n) is 2.43. The van der Waals surface area contributed by atoms with Crippen molar-refractivity contribution in [1.29, 1.82) is 0 Å². The van der Waals surface area contributed by atoms with Gasteiger partial charge >= 0.3 is 6.03 Å². The van der Waals surface area contributed by atoms with Gasteiger partial charge in [-0.1, -0.05) is 5.16 Å². The molecule has 2 N–H and O–H groups in total. The van der Waals surface area contributed by atoms with Crippen molar-refractivity contribution >= 4 is 11.8 Å². The highest BCUT2D eigenvalue weighted by atomic mass is 16.5. The van der Waals surface area contributed by atoms with Crippen molar-refractivity contribution in [3.8, 4) is 0 Å². The number of nitrogens with one attached hydrogen (secondary N) is 2. The van der Waals surface area contributed by atoms with E-state index in [1.54, 1.807) is 30.3 Å². The van der Waals surface area contributed by atoms with Crippen LogP contribution in [-0.4, -0.2) is 57.6 Å². The van der Waals surface area contributed by atoms with Crippen LogP contribution in [0.5, 0.6) is 0 Å². The van der Waals surface area contributed by atoms with Gasteiger partial charge in [-0.15, -0.1) is 0 Å². The van der Waals surface area contributed by atoms with Gasteiger partial charge in [-0.05, 0) is 14.0 Å². The number of piperazine rings is 1. The number of urea groups is 1. The van der Waals surface area contributed by atoms with Crippen LogP contribution in [0, 0.1) is 6.92 Å². The third-order valence-corrected chi connectivity index (χ3v) is 3.63. The fraction of sp³-hybridized carbons (Fsp3) is 0.462. The number of aromatic nitrogens is 3. The molecule has 1 aliphatic heterocycles. The molecule has 1 atom stereocenters. The highest BCUT2D eigenvalue weighted by molar-refractivity contribution is 5.88. The van der Waals surface area contributed by atoms with E-state index in [1.807, 2.05) is 7.05 Å². The monoisotopic (exact) mass is 290 g/mol. The zero-order valence-corrected chi connectivity index (χ0v) is 12.0. The van der Waals surface area contributed by atoms with Gasteiger partial charge in [0.05, 0.1) is 6.04 Å². The number of imidazole rings is 1. The lowest BCUT2D eigenvalue weighted by Crippen LogP contribution is -2.50. The number of carbonyl (C=O) groups is 1. The number of aromatic amines is 1. The van der Waals surface area contributed by atoms with E-state index >= 15 is 0 Å². The lowest BCUT2D eigenvalue weighted by Gasteiger charge is -2.38. The first-order valence-electron chi connectivity index (χ1n) is 6.82. The van der Waals surface area contributed by atoms with Crippen LogP contribution in [-0.2, 0) is 0 Å². The number of hydrogen-bond donors (Lipinski definition) is 2. The summed E-state index contributed by atoms with van der Waals surface area (Å²) in [6.07, 6.45) is 3.51. The maximum Gasteiger partial charge on any atom is 0.323 e. The summed E-state index contributed by atoms with van der Waals surface area (Å²) in [6, 6.07) is 1.59. The summed E-state index contributed by atoms with van der Waals surface area (Å²) in [7, 11) is 2.03. The first-order chi connectivity index (χ1) is 10.1. The summed E-state index contributed by atoms with van der Waals surface area (Å²) in [5, 5.41) is 6.52. The summed E-state index contributed by atoms with van der Waals surface area (Å²) >= 11 is 0. The van der Waals surface area contributed by atoms with Crippen LogP contribution in [0.15, 0.2) is 23.0 Å². The standard InChI is InChI=1S/C13H18N6O2/c1-9-7-11(17-21-9)16-13(20)19-6-5-18(2)10(8-19)12-14-3-4-15-12/h3-4,7,10H,5-6,8H2,1-2H3,(H,14,15)(H,16,17,20)/t10-/m1/s1. The molecule has 1 saturated heterocycles. The molecule has 21 heavy (non-hydrogen) atoms. The first kappa shape index (κ1) is 13.6. The number of rotatable bonds is 2. The molecule has 3 heterocycles. The van der Waals surface area contributed by atoms with Crippen molar-refractivity contribution < 1.29 is 9.32 Å². The van der Waals surface area contributed by atoms with Gasteiger partial charge in [0.15, 0.2) is 5.82 Å². The van der Waals surface area contributed by atoms with Crippen molar-refractivity contribution in [3.05, 3.63) is 30.0 Å². The van der Waals surface area contributed by atoms with Crippen molar-refractivity contribution in [2.24, 2.45) is 0 Å². The van der Waals surface area contributed by atoms with E-state index in [4.69, 9.17) is 4.52 Å². The third-order valence-electron chi connectivity index (χ3n) is 3.63. The minimum absolute atomic E-state index is 0.0681. The quantitative estimate of drug-likeness (QED) is 0.868. The van der Waals surface area contributed by atoms with Crippen LogP contribution in [0.2, 0.25) is 0 Å². The Balaban J connectivity index is 1.67. The van der Waals surface area contributed by atoms with E-state index in [2.05, 4.69) is 25.3 Å². The van der Waals surface area contributed by atoms with Gasteiger partial charge in [0, 0.05) is 38.1 Å². The van der Waals surface area contributed by atoms with Gasteiger partial charge in [-0.3, -0.25) is 10.2 Å². The summed E-state index contributed by atoms with van der Waals surface area (Å²) < 4.78 is 4.94. The molecule has 2 amide bonds. The van der Waals surface area contributed by atoms with Crippen LogP contribution >= 0.6 is 0 Å². The fourth-order valence-corrected chi connectivity index (χ4v) is 2.43. The van der Waals surface area contributed by atoms with Crippen molar-refractivity contribution in [2.45, 2.75) is 13.0 Å². The Kier molecular flexibility index (Phi) is 3.61. The second-order valence-electron chi connectivity index (χ2n) is 5.17. The minimum Gasteiger partial charge on any atom is -0.360 e. The molecule has 2 aromatic rings. The van der Waals surface area contributed by atoms with Gasteiger partial charge < -0.3 is 14.4 Å². The van der Waals surface area contributed by atoms with Crippen molar-refractivity contribution in [2.75, 3.05) is 32.0 Å². The van der Waals surface area contributed by atoms with Crippen LogP contribution in [0.1, 0.15) is 17.6 Å². The van der Waals surface area contributed by atoms with Crippen LogP contribution < -0.4 is 5.32 Å². The third kappa shape index (κ3) is 2.89. The van der Waals surface area contributed by atoms with Crippen molar-refractivity contribution in [1.82, 2.24) is 24.9 Å². The number of likely N-dealkylation sites (N-methyl/N-ethyl adjacent to an activating group) is 1. The molecule has 0 unspecified atom stereocenters. The molecule has 0 aromatic carbocycles. The highest BCUT2D eigenvalue weighted by Crippen LogP contribution is 2.21. The molecule has 1 aliphatic rings. The predicted molar refractivity (Wildman–Crippen MR) is 75.8 cm³/mol. The number of aryl methyl sites for hydroxylation is 1. The maximum atomic E-state index is 12.3. The Morgan fingerprint density at radius 1 is 1.52 bits per heavy atom. The molecule has 112 valence electrons. The van der Waals surface area contributed by atoms with Gasteiger partial charge in [-0.25, -0.2) is 9.78 Å². The predicted octanol–water partition coefficient (Wildman–Crippen LogP) is 1.23. The van der Waals surface area contributed by atoms with E-state index in [9.17, 15) is 4.79 Å². The normalized spacial score (nSPS) is 19.7. The molecule has 2 aromatic heterocycles. The number of nitrogens with zero attached hydrogens (tertiary/aromatic N) is 4. The molecule has 0 spiro atoms. The van der Waals surface area contributed by atoms with Gasteiger partial charge in [0.1, 0.15) is 11.6 Å². The SMILES string of the molecule is Cc1cc(NC(=O)N2CCN(C)[C@@H](c3ncc[nH]3)C2)no1. The van der Waals surface area contributed by atoms with Crippen LogP contribution in [0.4, 0.5) is 10.6 Å². The molecule has 8 heteroatoms. The van der Waals surface area contributed by atoms with Crippen molar-refractivity contribution in [3.63, 3.8) is 0 Å². The molecule has 0 radical (unpaired) electrons. The van der Waals surface area contributed by atoms with Crippen LogP contribution in [0.3, 0.4) is 0 Å². The van der Waals surface area contributed by atoms with Gasteiger partial charge in [0.2, 0.25) is 0 Å². The average molecular weight is 290 g/mol. The Bertz CT molecular complexity index is 608. The summed E-state index contributed by atoms with van der Waals surface area (Å²) in [4.78, 5) is 23.6. The smallest absolute Gasteiger partial charge is 0.323 e. The average Bonchev–Trinajstić information content (AvgIpc) is 3.11. The largest absolute Gasteiger partial charge is 0.360 e. The molecule has 8 nitrogen and oxygen atoms in total. The molecule has 0 saturated carbocycles. The molecule has 0 bridgehead atoms. The Morgan fingerprint density at radius 3 is 3.05 bits per heavy atom. The molecular weight excluding hydrogens is 272 g/mol. The number of hydrogen-bond acceptors (Lipinski definition) is 5. The van der Waals surface area contributed by atoms with E-state index in [0.717, 1.165) is 12.4 Å². The minimum atomic E-state index is -0.173. The lowest BCUT2D eigenvalue weighted by molar-refractivity contribution is 0.112. The molecular formula is C13H18N6O2. The van der Waals surface area contributed by atoms with E-state index < -0.39 is 0 Å². The topological polar surface area (TPSA) is 90.3 Å². The maximum absolute atomic E-state index is 12.3.